The summed E-state index contributed by atoms with van der Waals surface area (Å²) in [4.78, 5) is 33.3. The number of ether oxygens (including phenoxy) is 2. The predicted octanol–water partition coefficient (Wildman–Crippen LogP) is 2.86. The maximum atomic E-state index is 14.0. The van der Waals surface area contributed by atoms with Gasteiger partial charge in [0.1, 0.15) is 24.2 Å². The number of nitrogens with two attached hydrogens (primary N) is 1. The molecule has 40 heavy (non-hydrogen) atoms. The fourth-order valence-electron chi connectivity index (χ4n) is 5.12. The quantitative estimate of drug-likeness (QED) is 0.360. The zero-order valence-corrected chi connectivity index (χ0v) is 23.8. The highest BCUT2D eigenvalue weighted by Crippen LogP contribution is 2.30. The van der Waals surface area contributed by atoms with Crippen molar-refractivity contribution in [2.24, 2.45) is 10.7 Å². The lowest BCUT2D eigenvalue weighted by atomic mass is 9.93. The van der Waals surface area contributed by atoms with E-state index in [0.717, 1.165) is 17.5 Å². The van der Waals surface area contributed by atoms with E-state index in [1.165, 1.54) is 0 Å². The fraction of sp³-hybridized carbons (Fsp3) is 0.500. The summed E-state index contributed by atoms with van der Waals surface area (Å²) < 4.78 is 12.1. The minimum absolute atomic E-state index is 0.200. The van der Waals surface area contributed by atoms with Crippen LogP contribution in [0.1, 0.15) is 44.2 Å². The number of nitrogens with zero attached hydrogens (tertiary/aromatic N) is 2. The number of nitrogens with one attached hydrogen (secondary N) is 1. The molecule has 2 aromatic rings. The van der Waals surface area contributed by atoms with E-state index in [9.17, 15) is 14.7 Å². The lowest BCUT2D eigenvalue weighted by molar-refractivity contribution is -0.141. The molecule has 216 valence electrons. The molecule has 1 unspecified atom stereocenters. The molecule has 4 N–H and O–H groups in total. The van der Waals surface area contributed by atoms with Gasteiger partial charge >= 0.3 is 0 Å². The lowest BCUT2D eigenvalue weighted by Crippen LogP contribution is -2.58. The van der Waals surface area contributed by atoms with Crippen LogP contribution in [0.15, 0.2) is 59.6 Å². The van der Waals surface area contributed by atoms with E-state index in [2.05, 4.69) is 5.32 Å². The molecule has 1 saturated heterocycles. The number of carbonyl (C=O) groups is 2. The Morgan fingerprint density at radius 2 is 2.00 bits per heavy atom. The number of hydrogen-bond acceptors (Lipinski definition) is 7. The zero-order valence-electron chi connectivity index (χ0n) is 23.1. The monoisotopic (exact) mass is 570 g/mol. The summed E-state index contributed by atoms with van der Waals surface area (Å²) in [7, 11) is 0. The molecule has 4 rings (SSSR count). The van der Waals surface area contributed by atoms with Crippen LogP contribution in [0.3, 0.4) is 0 Å². The number of hydrogen-bond donors (Lipinski definition) is 3. The van der Waals surface area contributed by atoms with Gasteiger partial charge in [0.05, 0.1) is 25.4 Å². The minimum atomic E-state index is -0.939. The Hall–Kier alpha value is -2.98. The van der Waals surface area contributed by atoms with E-state index >= 15 is 0 Å². The molecule has 1 fully saturated rings. The minimum Gasteiger partial charge on any atom is -0.477 e. The molecule has 2 aromatic carbocycles. The van der Waals surface area contributed by atoms with Crippen LogP contribution in [0, 0.1) is 0 Å². The van der Waals surface area contributed by atoms with Gasteiger partial charge < -0.3 is 30.5 Å². The number of aliphatic imine (C=N–C) groups is 1. The highest BCUT2D eigenvalue weighted by Gasteiger charge is 2.44. The molecule has 5 atom stereocenters. The van der Waals surface area contributed by atoms with Gasteiger partial charge in [-0.3, -0.25) is 9.59 Å². The third-order valence-electron chi connectivity index (χ3n) is 7.54. The van der Waals surface area contributed by atoms with Gasteiger partial charge in [0.15, 0.2) is 0 Å². The third-order valence-corrected chi connectivity index (χ3v) is 7.77. The van der Waals surface area contributed by atoms with Crippen LogP contribution < -0.4 is 11.1 Å². The molecule has 0 aliphatic carbocycles. The molecule has 0 saturated carbocycles. The zero-order chi connectivity index (χ0) is 28.7. The maximum absolute atomic E-state index is 14.0. The highest BCUT2D eigenvalue weighted by atomic mass is 35.5. The van der Waals surface area contributed by atoms with Crippen LogP contribution in [-0.4, -0.2) is 77.2 Å². The summed E-state index contributed by atoms with van der Waals surface area (Å²) in [5, 5.41) is 13.8. The molecule has 2 aliphatic heterocycles. The van der Waals surface area contributed by atoms with Crippen molar-refractivity contribution in [1.29, 1.82) is 0 Å². The Morgan fingerprint density at radius 1 is 1.25 bits per heavy atom. The maximum Gasteiger partial charge on any atom is 0.248 e. The van der Waals surface area contributed by atoms with Gasteiger partial charge in [-0.1, -0.05) is 61.0 Å². The topological polar surface area (TPSA) is 126 Å². The summed E-state index contributed by atoms with van der Waals surface area (Å²) in [6.45, 7) is 4.37. The van der Waals surface area contributed by atoms with Crippen LogP contribution in [-0.2, 0) is 32.1 Å². The van der Waals surface area contributed by atoms with Crippen molar-refractivity contribution < 1.29 is 24.2 Å². The number of rotatable bonds is 12. The summed E-state index contributed by atoms with van der Waals surface area (Å²) in [5.41, 5.74) is 7.02. The molecule has 2 amide bonds. The van der Waals surface area contributed by atoms with Gasteiger partial charge in [-0.25, -0.2) is 4.99 Å². The Morgan fingerprint density at radius 3 is 2.70 bits per heavy atom. The number of aliphatic hydroxyl groups excluding tert-OH is 1. The molecule has 0 radical (unpaired) electrons. The SMILES string of the molecule is CCC(N)C(=O)N[C@H](C(=O)N1CCC[C@H]1C1=N[C@](CO)(Cc2cccc(Cl)c2)CO1)[C@@H](C)OCc1ccccc1. The van der Waals surface area contributed by atoms with E-state index < -0.39 is 35.7 Å². The fourth-order valence-corrected chi connectivity index (χ4v) is 5.33. The van der Waals surface area contributed by atoms with Crippen molar-refractivity contribution in [3.63, 3.8) is 0 Å². The summed E-state index contributed by atoms with van der Waals surface area (Å²) in [6, 6.07) is 15.0. The van der Waals surface area contributed by atoms with E-state index in [1.54, 1.807) is 17.9 Å². The Labute approximate surface area is 240 Å². The molecule has 2 heterocycles. The second-order valence-electron chi connectivity index (χ2n) is 10.6. The summed E-state index contributed by atoms with van der Waals surface area (Å²) in [5.74, 6) is -0.250. The van der Waals surface area contributed by atoms with E-state index in [1.807, 2.05) is 55.5 Å². The highest BCUT2D eigenvalue weighted by molar-refractivity contribution is 6.30. The average Bonchev–Trinajstić information content (AvgIpc) is 3.62. The number of likely N-dealkylation sites (tertiary alicyclic amines) is 1. The second kappa shape index (κ2) is 13.6. The smallest absolute Gasteiger partial charge is 0.248 e. The van der Waals surface area contributed by atoms with Gasteiger partial charge in [-0.15, -0.1) is 0 Å². The first kappa shape index (κ1) is 30.0. The number of amides is 2. The second-order valence-corrected chi connectivity index (χ2v) is 11.1. The number of benzene rings is 2. The van der Waals surface area contributed by atoms with Crippen molar-refractivity contribution in [1.82, 2.24) is 10.2 Å². The summed E-state index contributed by atoms with van der Waals surface area (Å²) in [6.07, 6.45) is 1.70. The number of halogens is 1. The van der Waals surface area contributed by atoms with Crippen molar-refractivity contribution in [2.75, 3.05) is 19.8 Å². The normalized spacial score (nSPS) is 22.8. The van der Waals surface area contributed by atoms with Crippen LogP contribution in [0.2, 0.25) is 5.02 Å². The molecular weight excluding hydrogens is 532 g/mol. The van der Waals surface area contributed by atoms with E-state index in [0.29, 0.717) is 43.3 Å². The van der Waals surface area contributed by atoms with Gasteiger partial charge in [0, 0.05) is 18.0 Å². The van der Waals surface area contributed by atoms with Crippen LogP contribution in [0.5, 0.6) is 0 Å². The molecule has 2 aliphatic rings. The Bertz CT molecular complexity index is 1200. The first-order chi connectivity index (χ1) is 19.2. The van der Waals surface area contributed by atoms with Crippen molar-refractivity contribution in [3.8, 4) is 0 Å². The van der Waals surface area contributed by atoms with Crippen LogP contribution in [0.25, 0.3) is 0 Å². The molecule has 10 heteroatoms. The van der Waals surface area contributed by atoms with Gasteiger partial charge in [-0.05, 0) is 49.4 Å². The van der Waals surface area contributed by atoms with Crippen molar-refractivity contribution >= 4 is 29.3 Å². The Balaban J connectivity index is 1.52. The number of carbonyl (C=O) groups excluding carboxylic acids is 2. The molecule has 0 spiro atoms. The van der Waals surface area contributed by atoms with E-state index in [-0.39, 0.29) is 19.1 Å². The predicted molar refractivity (Wildman–Crippen MR) is 154 cm³/mol. The molecule has 9 nitrogen and oxygen atoms in total. The van der Waals surface area contributed by atoms with Crippen molar-refractivity contribution in [2.45, 2.75) is 75.9 Å². The van der Waals surface area contributed by atoms with Crippen LogP contribution >= 0.6 is 11.6 Å². The van der Waals surface area contributed by atoms with Gasteiger partial charge in [0.25, 0.3) is 0 Å². The summed E-state index contributed by atoms with van der Waals surface area (Å²) >= 11 is 6.16. The standard InChI is InChI=1S/C30H39ClN4O5/c1-3-24(32)27(37)33-26(20(2)39-17-21-9-5-4-6-10-21)29(38)35-14-8-13-25(35)28-34-30(18-36,19-40-28)16-22-11-7-12-23(31)15-22/h4-7,9-12,15,20,24-26,36H,3,8,13-14,16-19,32H2,1-2H3,(H,33,37)/t20-,24?,25+,26+,30+/m1/s1. The first-order valence-corrected chi connectivity index (χ1v) is 14.2. The Kier molecular flexibility index (Phi) is 10.2. The van der Waals surface area contributed by atoms with Gasteiger partial charge in [-0.2, -0.15) is 0 Å². The first-order valence-electron chi connectivity index (χ1n) is 13.8. The lowest BCUT2D eigenvalue weighted by Gasteiger charge is -2.32. The van der Waals surface area contributed by atoms with Gasteiger partial charge in [0.2, 0.25) is 17.7 Å². The van der Waals surface area contributed by atoms with E-state index in [4.69, 9.17) is 31.8 Å². The van der Waals surface area contributed by atoms with Crippen LogP contribution in [0.4, 0.5) is 0 Å². The largest absolute Gasteiger partial charge is 0.477 e. The van der Waals surface area contributed by atoms with Crippen molar-refractivity contribution in [3.05, 3.63) is 70.7 Å². The average molecular weight is 571 g/mol. The molecule has 0 aromatic heterocycles. The molecular formula is C30H39ClN4O5. The third kappa shape index (κ3) is 7.20. The number of aliphatic hydroxyl groups is 1. The molecule has 0 bridgehead atoms.